The van der Waals surface area contributed by atoms with Gasteiger partial charge in [0.15, 0.2) is 12.7 Å². The molecule has 2 heteroatoms. The van der Waals surface area contributed by atoms with Gasteiger partial charge in [-0.05, 0) is 6.42 Å². The fourth-order valence-corrected chi connectivity index (χ4v) is 1.92. The maximum Gasteiger partial charge on any atom is 0.314 e. The lowest BCUT2D eigenvalue weighted by Crippen LogP contribution is -2.33. The van der Waals surface area contributed by atoms with Gasteiger partial charge in [-0.3, -0.25) is 0 Å². The molecule has 15 heavy (non-hydrogen) atoms. The van der Waals surface area contributed by atoms with Crippen LogP contribution in [0.15, 0.2) is 11.6 Å². The molecule has 0 aliphatic carbocycles. The molecule has 0 unspecified atom stereocenters. The summed E-state index contributed by atoms with van der Waals surface area (Å²) < 4.78 is 2.13. The zero-order valence-electron chi connectivity index (χ0n) is 9.12. The van der Waals surface area contributed by atoms with Crippen molar-refractivity contribution in [3.8, 4) is 24.2 Å². The number of rotatable bonds is 4. The van der Waals surface area contributed by atoms with Crippen LogP contribution in [0.1, 0.15) is 37.6 Å². The van der Waals surface area contributed by atoms with Crippen molar-refractivity contribution in [2.24, 2.45) is 0 Å². The van der Waals surface area contributed by atoms with E-state index in [1.165, 1.54) is 12.8 Å². The van der Waals surface area contributed by atoms with Gasteiger partial charge in [-0.25, -0.2) is 0 Å². The minimum Gasteiger partial charge on any atom is -0.181 e. The fraction of sp³-hybridized carbons (Fsp3) is 0.462. The Bertz CT molecular complexity index is 387. The summed E-state index contributed by atoms with van der Waals surface area (Å²) >= 11 is 1.68. The average molecular weight is 218 g/mol. The average Bonchev–Trinajstić information content (AvgIpc) is 2.69. The summed E-state index contributed by atoms with van der Waals surface area (Å²) in [6, 6.07) is 0. The molecule has 0 atom stereocenters. The van der Waals surface area contributed by atoms with Crippen molar-refractivity contribution in [2.75, 3.05) is 0 Å². The molecule has 1 aromatic rings. The SMILES string of the molecule is C#CCC[n+]1ccsc1C#CCCCC. The van der Waals surface area contributed by atoms with Crippen molar-refractivity contribution in [1.82, 2.24) is 0 Å². The monoisotopic (exact) mass is 218 g/mol. The second kappa shape index (κ2) is 7.10. The molecular weight excluding hydrogens is 202 g/mol. The summed E-state index contributed by atoms with van der Waals surface area (Å²) in [5, 5.41) is 3.17. The third kappa shape index (κ3) is 4.19. The molecule has 1 nitrogen and oxygen atoms in total. The van der Waals surface area contributed by atoms with E-state index in [1.807, 2.05) is 6.20 Å². The van der Waals surface area contributed by atoms with Gasteiger partial charge in [0.1, 0.15) is 0 Å². The number of unbranched alkanes of at least 4 members (excludes halogenated alkanes) is 2. The molecule has 0 saturated heterocycles. The van der Waals surface area contributed by atoms with Crippen LogP contribution in [-0.2, 0) is 6.54 Å². The number of aryl methyl sites for hydroxylation is 1. The summed E-state index contributed by atoms with van der Waals surface area (Å²) in [4.78, 5) is 0. The molecule has 0 aliphatic rings. The van der Waals surface area contributed by atoms with Crippen LogP contribution in [0.3, 0.4) is 0 Å². The normalized spacial score (nSPS) is 9.07. The number of aromatic nitrogens is 1. The summed E-state index contributed by atoms with van der Waals surface area (Å²) in [6.07, 6.45) is 11.4. The second-order valence-corrected chi connectivity index (χ2v) is 4.16. The first-order valence-corrected chi connectivity index (χ1v) is 6.15. The van der Waals surface area contributed by atoms with E-state index in [2.05, 4.69) is 34.6 Å². The Labute approximate surface area is 96.1 Å². The summed E-state index contributed by atoms with van der Waals surface area (Å²) in [6.45, 7) is 3.05. The summed E-state index contributed by atoms with van der Waals surface area (Å²) in [5.41, 5.74) is 0. The second-order valence-electron chi connectivity index (χ2n) is 3.26. The summed E-state index contributed by atoms with van der Waals surface area (Å²) in [7, 11) is 0. The zero-order chi connectivity index (χ0) is 10.9. The molecule has 0 aliphatic heterocycles. The van der Waals surface area contributed by atoms with Crippen LogP contribution in [0.25, 0.3) is 0 Å². The van der Waals surface area contributed by atoms with E-state index < -0.39 is 0 Å². The van der Waals surface area contributed by atoms with Gasteiger partial charge in [0, 0.05) is 12.3 Å². The first-order chi connectivity index (χ1) is 7.38. The molecule has 1 heterocycles. The minimum atomic E-state index is 0.769. The highest BCUT2D eigenvalue weighted by Crippen LogP contribution is 2.01. The lowest BCUT2D eigenvalue weighted by Gasteiger charge is -1.88. The van der Waals surface area contributed by atoms with E-state index in [-0.39, 0.29) is 0 Å². The lowest BCUT2D eigenvalue weighted by molar-refractivity contribution is -0.693. The van der Waals surface area contributed by atoms with E-state index in [1.54, 1.807) is 11.3 Å². The van der Waals surface area contributed by atoms with Crippen molar-refractivity contribution in [1.29, 1.82) is 0 Å². The molecular formula is C13H16NS+. The molecule has 78 valence electrons. The van der Waals surface area contributed by atoms with E-state index in [0.717, 1.165) is 24.4 Å². The smallest absolute Gasteiger partial charge is 0.181 e. The van der Waals surface area contributed by atoms with Crippen LogP contribution in [-0.4, -0.2) is 0 Å². The van der Waals surface area contributed by atoms with Gasteiger partial charge in [0.2, 0.25) is 0 Å². The molecule has 0 saturated carbocycles. The van der Waals surface area contributed by atoms with Gasteiger partial charge in [-0.1, -0.05) is 30.6 Å². The number of hydrogen-bond acceptors (Lipinski definition) is 1. The van der Waals surface area contributed by atoms with Gasteiger partial charge in [0.25, 0.3) is 0 Å². The van der Waals surface area contributed by atoms with Crippen LogP contribution in [0.2, 0.25) is 0 Å². The van der Waals surface area contributed by atoms with Crippen molar-refractivity contribution >= 4 is 11.3 Å². The third-order valence-corrected chi connectivity index (χ3v) is 2.85. The number of hydrogen-bond donors (Lipinski definition) is 0. The molecule has 1 rings (SSSR count). The number of nitrogens with zero attached hydrogens (tertiary/aromatic N) is 1. The third-order valence-electron chi connectivity index (χ3n) is 2.03. The van der Waals surface area contributed by atoms with Gasteiger partial charge in [0.05, 0.1) is 11.8 Å². The van der Waals surface area contributed by atoms with E-state index in [0.29, 0.717) is 0 Å². The van der Waals surface area contributed by atoms with Crippen LogP contribution in [0.5, 0.6) is 0 Å². The predicted molar refractivity (Wildman–Crippen MR) is 64.4 cm³/mol. The van der Waals surface area contributed by atoms with Crippen molar-refractivity contribution in [2.45, 2.75) is 39.2 Å². The number of thiazole rings is 1. The molecule has 0 fully saturated rings. The first kappa shape index (κ1) is 11.8. The molecule has 0 bridgehead atoms. The van der Waals surface area contributed by atoms with Crippen LogP contribution >= 0.6 is 11.3 Å². The Morgan fingerprint density at radius 2 is 2.33 bits per heavy atom. The number of terminal acetylenes is 1. The first-order valence-electron chi connectivity index (χ1n) is 5.27. The highest BCUT2D eigenvalue weighted by Gasteiger charge is 2.07. The van der Waals surface area contributed by atoms with Crippen molar-refractivity contribution in [3.63, 3.8) is 0 Å². The Morgan fingerprint density at radius 1 is 1.47 bits per heavy atom. The molecule has 1 aromatic heterocycles. The maximum absolute atomic E-state index is 5.24. The van der Waals surface area contributed by atoms with E-state index in [4.69, 9.17) is 6.42 Å². The molecule has 0 N–H and O–H groups in total. The zero-order valence-corrected chi connectivity index (χ0v) is 9.94. The van der Waals surface area contributed by atoms with E-state index >= 15 is 0 Å². The fourth-order valence-electron chi connectivity index (χ4n) is 1.17. The highest BCUT2D eigenvalue weighted by atomic mass is 32.1. The topological polar surface area (TPSA) is 3.88 Å². The quantitative estimate of drug-likeness (QED) is 0.415. The Hall–Kier alpha value is -1.25. The van der Waals surface area contributed by atoms with Crippen LogP contribution in [0, 0.1) is 24.2 Å². The standard InChI is InChI=1S/C13H16NS/c1-3-5-7-8-9-13-14(10-6-4-2)11-12-15-13/h2,11-12H,3,5-7,10H2,1H3/q+1. The van der Waals surface area contributed by atoms with Gasteiger partial charge in [-0.15, -0.1) is 12.3 Å². The largest absolute Gasteiger partial charge is 0.314 e. The maximum atomic E-state index is 5.24. The van der Waals surface area contributed by atoms with Gasteiger partial charge >= 0.3 is 5.01 Å². The van der Waals surface area contributed by atoms with E-state index in [9.17, 15) is 0 Å². The van der Waals surface area contributed by atoms with Crippen LogP contribution < -0.4 is 4.57 Å². The van der Waals surface area contributed by atoms with Gasteiger partial charge in [-0.2, -0.15) is 4.57 Å². The predicted octanol–water partition coefficient (Wildman–Crippen LogP) is 2.60. The highest BCUT2D eigenvalue weighted by molar-refractivity contribution is 7.09. The molecule has 0 amide bonds. The Balaban J connectivity index is 2.55. The van der Waals surface area contributed by atoms with Gasteiger partial charge < -0.3 is 0 Å². The lowest BCUT2D eigenvalue weighted by atomic mass is 10.2. The summed E-state index contributed by atoms with van der Waals surface area (Å²) in [5.74, 6) is 9.04. The molecule has 0 spiro atoms. The Kier molecular flexibility index (Phi) is 5.59. The minimum absolute atomic E-state index is 0.769. The Morgan fingerprint density at radius 3 is 3.07 bits per heavy atom. The molecule has 0 radical (unpaired) electrons. The van der Waals surface area contributed by atoms with Crippen LogP contribution in [0.4, 0.5) is 0 Å². The van der Waals surface area contributed by atoms with Crippen molar-refractivity contribution < 1.29 is 4.57 Å². The molecule has 0 aromatic carbocycles. The van der Waals surface area contributed by atoms with Crippen molar-refractivity contribution in [3.05, 3.63) is 16.6 Å².